The summed E-state index contributed by atoms with van der Waals surface area (Å²) in [5.41, 5.74) is 0.628. The summed E-state index contributed by atoms with van der Waals surface area (Å²) in [6.45, 7) is 5.71. The van der Waals surface area contributed by atoms with Gasteiger partial charge in [0.05, 0.1) is 5.56 Å². The monoisotopic (exact) mass is 366 g/mol. The second-order valence-electron chi connectivity index (χ2n) is 4.61. The summed E-state index contributed by atoms with van der Waals surface area (Å²) in [7, 11) is 0. The van der Waals surface area contributed by atoms with Crippen molar-refractivity contribution in [3.63, 3.8) is 0 Å². The highest BCUT2D eigenvalue weighted by Crippen LogP contribution is 2.24. The molecule has 2 atom stereocenters. The van der Waals surface area contributed by atoms with E-state index in [9.17, 15) is 4.79 Å². The highest BCUT2D eigenvalue weighted by molar-refractivity contribution is 9.10. The predicted molar refractivity (Wildman–Crippen MR) is 84.4 cm³/mol. The summed E-state index contributed by atoms with van der Waals surface area (Å²) in [6, 6.07) is 5.78. The first-order valence-corrected chi connectivity index (χ1v) is 7.17. The van der Waals surface area contributed by atoms with Gasteiger partial charge in [-0.2, -0.15) is 0 Å². The van der Waals surface area contributed by atoms with Crippen LogP contribution in [0.3, 0.4) is 0 Å². The fraction of sp³-hybridized carbons (Fsp3) is 0.462. The highest BCUT2D eigenvalue weighted by Gasteiger charge is 2.29. The molecule has 1 aliphatic rings. The van der Waals surface area contributed by atoms with Gasteiger partial charge in [0.25, 0.3) is 5.91 Å². The molecule has 0 aromatic heterocycles. The van der Waals surface area contributed by atoms with E-state index in [0.29, 0.717) is 16.6 Å². The van der Waals surface area contributed by atoms with Gasteiger partial charge in [0.15, 0.2) is 0 Å². The largest absolute Gasteiger partial charge is 0.333 e. The van der Waals surface area contributed by atoms with E-state index in [-0.39, 0.29) is 24.4 Å². The third-order valence-electron chi connectivity index (χ3n) is 3.45. The molecule has 1 fully saturated rings. The van der Waals surface area contributed by atoms with Gasteiger partial charge in [0.2, 0.25) is 0 Å². The zero-order chi connectivity index (χ0) is 13.3. The topological polar surface area (TPSA) is 32.3 Å². The zero-order valence-corrected chi connectivity index (χ0v) is 14.0. The van der Waals surface area contributed by atoms with Crippen LogP contribution in [0.5, 0.6) is 0 Å². The molecule has 0 spiro atoms. The van der Waals surface area contributed by atoms with Gasteiger partial charge in [-0.05, 0) is 48.0 Å². The Morgan fingerprint density at radius 3 is 2.84 bits per heavy atom. The number of piperazine rings is 1. The molecule has 1 saturated heterocycles. The van der Waals surface area contributed by atoms with Crippen molar-refractivity contribution in [1.82, 2.24) is 10.2 Å². The van der Waals surface area contributed by atoms with Gasteiger partial charge in [0.1, 0.15) is 0 Å². The average Bonchev–Trinajstić information content (AvgIpc) is 2.35. The summed E-state index contributed by atoms with van der Waals surface area (Å²) in [5, 5.41) is 3.94. The molecular weight excluding hydrogens is 351 g/mol. The Labute approximate surface area is 133 Å². The summed E-state index contributed by atoms with van der Waals surface area (Å²) in [6.07, 6.45) is 0. The lowest BCUT2D eigenvalue weighted by atomic mass is 10.1. The number of hydrogen-bond donors (Lipinski definition) is 1. The van der Waals surface area contributed by atoms with E-state index < -0.39 is 0 Å². The molecule has 2 rings (SSSR count). The van der Waals surface area contributed by atoms with E-state index in [1.165, 1.54) is 0 Å². The molecule has 1 heterocycles. The number of benzene rings is 1. The highest BCUT2D eigenvalue weighted by atomic mass is 79.9. The molecular formula is C13H17BrCl2N2O. The van der Waals surface area contributed by atoms with Crippen LogP contribution in [0.2, 0.25) is 5.02 Å². The Balaban J connectivity index is 0.00000180. The predicted octanol–water partition coefficient (Wildman–Crippen LogP) is 3.35. The molecule has 1 N–H and O–H groups in total. The Morgan fingerprint density at radius 2 is 2.16 bits per heavy atom. The smallest absolute Gasteiger partial charge is 0.255 e. The fourth-order valence-electron chi connectivity index (χ4n) is 2.16. The SMILES string of the molecule is CC1NCCN(C(=O)c2cc(Cl)ccc2Br)C1C.Cl. The zero-order valence-electron chi connectivity index (χ0n) is 10.8. The van der Waals surface area contributed by atoms with Crippen molar-refractivity contribution < 1.29 is 4.79 Å². The van der Waals surface area contributed by atoms with Gasteiger partial charge >= 0.3 is 0 Å². The van der Waals surface area contributed by atoms with Crippen molar-refractivity contribution >= 4 is 45.8 Å². The van der Waals surface area contributed by atoms with E-state index in [1.54, 1.807) is 12.1 Å². The number of halogens is 3. The van der Waals surface area contributed by atoms with E-state index in [0.717, 1.165) is 17.6 Å². The number of carbonyl (C=O) groups is 1. The molecule has 1 aliphatic heterocycles. The number of amides is 1. The lowest BCUT2D eigenvalue weighted by molar-refractivity contribution is 0.0602. The van der Waals surface area contributed by atoms with Crippen LogP contribution < -0.4 is 5.32 Å². The van der Waals surface area contributed by atoms with Crippen molar-refractivity contribution in [3.05, 3.63) is 33.3 Å². The Morgan fingerprint density at radius 1 is 1.47 bits per heavy atom. The minimum Gasteiger partial charge on any atom is -0.333 e. The molecule has 1 aromatic carbocycles. The van der Waals surface area contributed by atoms with Crippen LogP contribution in [-0.4, -0.2) is 36.0 Å². The lowest BCUT2D eigenvalue weighted by Crippen LogP contribution is -2.57. The number of carbonyl (C=O) groups excluding carboxylic acids is 1. The van der Waals surface area contributed by atoms with Gasteiger partial charge in [-0.1, -0.05) is 11.6 Å². The van der Waals surface area contributed by atoms with Crippen LogP contribution >= 0.6 is 39.9 Å². The number of rotatable bonds is 1. The molecule has 19 heavy (non-hydrogen) atoms. The van der Waals surface area contributed by atoms with Gasteiger partial charge in [-0.25, -0.2) is 0 Å². The standard InChI is InChI=1S/C13H16BrClN2O.ClH/c1-8-9(2)17(6-5-16-8)13(18)11-7-10(15)3-4-12(11)14;/h3-4,7-9,16H,5-6H2,1-2H3;1H. The lowest BCUT2D eigenvalue weighted by Gasteiger charge is -2.38. The van der Waals surface area contributed by atoms with Crippen molar-refractivity contribution in [2.45, 2.75) is 25.9 Å². The van der Waals surface area contributed by atoms with Crippen molar-refractivity contribution in [1.29, 1.82) is 0 Å². The minimum absolute atomic E-state index is 0. The quantitative estimate of drug-likeness (QED) is 0.825. The van der Waals surface area contributed by atoms with E-state index in [4.69, 9.17) is 11.6 Å². The van der Waals surface area contributed by atoms with Crippen LogP contribution in [0.1, 0.15) is 24.2 Å². The van der Waals surface area contributed by atoms with Gasteiger partial charge < -0.3 is 10.2 Å². The van der Waals surface area contributed by atoms with Crippen LogP contribution in [0.25, 0.3) is 0 Å². The number of nitrogens with zero attached hydrogens (tertiary/aromatic N) is 1. The molecule has 3 nitrogen and oxygen atoms in total. The number of hydrogen-bond acceptors (Lipinski definition) is 2. The Hall–Kier alpha value is -0.290. The van der Waals surface area contributed by atoms with Gasteiger partial charge in [-0.15, -0.1) is 12.4 Å². The van der Waals surface area contributed by atoms with Crippen LogP contribution in [0.15, 0.2) is 22.7 Å². The second-order valence-corrected chi connectivity index (χ2v) is 5.90. The van der Waals surface area contributed by atoms with Crippen molar-refractivity contribution in [2.24, 2.45) is 0 Å². The fourth-order valence-corrected chi connectivity index (χ4v) is 2.75. The Bertz CT molecular complexity index is 470. The Kier molecular flexibility index (Phi) is 6.12. The third kappa shape index (κ3) is 3.63. The minimum atomic E-state index is 0. The van der Waals surface area contributed by atoms with Gasteiger partial charge in [-0.3, -0.25) is 4.79 Å². The molecule has 1 aromatic rings. The van der Waals surface area contributed by atoms with E-state index in [2.05, 4.69) is 35.1 Å². The van der Waals surface area contributed by atoms with Crippen LogP contribution in [-0.2, 0) is 0 Å². The summed E-state index contributed by atoms with van der Waals surface area (Å²) < 4.78 is 0.787. The molecule has 0 bridgehead atoms. The normalized spacial score (nSPS) is 22.8. The van der Waals surface area contributed by atoms with E-state index in [1.807, 2.05) is 11.0 Å². The number of nitrogens with one attached hydrogen (secondary N) is 1. The molecule has 106 valence electrons. The molecule has 0 saturated carbocycles. The average molecular weight is 368 g/mol. The first kappa shape index (κ1) is 16.8. The van der Waals surface area contributed by atoms with Crippen molar-refractivity contribution in [3.8, 4) is 0 Å². The van der Waals surface area contributed by atoms with Gasteiger partial charge in [0, 0.05) is 34.7 Å². The maximum Gasteiger partial charge on any atom is 0.255 e. The molecule has 0 aliphatic carbocycles. The summed E-state index contributed by atoms with van der Waals surface area (Å²) >= 11 is 9.37. The maximum absolute atomic E-state index is 12.5. The second kappa shape index (κ2) is 6.93. The maximum atomic E-state index is 12.5. The first-order chi connectivity index (χ1) is 8.50. The molecule has 2 unspecified atom stereocenters. The van der Waals surface area contributed by atoms with Crippen LogP contribution in [0, 0.1) is 0 Å². The summed E-state index contributed by atoms with van der Waals surface area (Å²) in [4.78, 5) is 14.4. The first-order valence-electron chi connectivity index (χ1n) is 6.00. The third-order valence-corrected chi connectivity index (χ3v) is 4.38. The summed E-state index contributed by atoms with van der Waals surface area (Å²) in [5.74, 6) is 0.0326. The molecule has 6 heteroatoms. The molecule has 1 amide bonds. The van der Waals surface area contributed by atoms with E-state index >= 15 is 0 Å². The van der Waals surface area contributed by atoms with Crippen molar-refractivity contribution in [2.75, 3.05) is 13.1 Å². The molecule has 0 radical (unpaired) electrons. The van der Waals surface area contributed by atoms with Crippen LogP contribution in [0.4, 0.5) is 0 Å².